The van der Waals surface area contributed by atoms with Crippen LogP contribution in [-0.4, -0.2) is 60.8 Å². The van der Waals surface area contributed by atoms with Gasteiger partial charge in [-0.05, 0) is 24.6 Å². The number of aromatic nitrogens is 5. The van der Waals surface area contributed by atoms with Crippen molar-refractivity contribution >= 4 is 16.9 Å². The first-order chi connectivity index (χ1) is 17.5. The van der Waals surface area contributed by atoms with Gasteiger partial charge in [-0.25, -0.2) is 4.79 Å². The molecule has 36 heavy (non-hydrogen) atoms. The van der Waals surface area contributed by atoms with Crippen molar-refractivity contribution in [3.8, 4) is 16.9 Å². The summed E-state index contributed by atoms with van der Waals surface area (Å²) >= 11 is 0. The number of morpholine rings is 1. The quantitative estimate of drug-likeness (QED) is 0.383. The van der Waals surface area contributed by atoms with E-state index in [0.717, 1.165) is 35.6 Å². The third kappa shape index (κ3) is 3.68. The van der Waals surface area contributed by atoms with Crippen LogP contribution in [0.15, 0.2) is 70.4 Å². The highest BCUT2D eigenvalue weighted by atomic mass is 16.5. The van der Waals surface area contributed by atoms with Crippen LogP contribution in [0.2, 0.25) is 0 Å². The fourth-order valence-electron chi connectivity index (χ4n) is 4.99. The van der Waals surface area contributed by atoms with Crippen LogP contribution in [-0.2, 0) is 18.3 Å². The van der Waals surface area contributed by atoms with Crippen LogP contribution in [0.3, 0.4) is 0 Å². The molecule has 184 valence electrons. The molecule has 1 fully saturated rings. The maximum atomic E-state index is 13.7. The van der Waals surface area contributed by atoms with Crippen molar-refractivity contribution in [3.63, 3.8) is 0 Å². The van der Waals surface area contributed by atoms with Gasteiger partial charge >= 0.3 is 5.69 Å². The maximum absolute atomic E-state index is 13.7. The molecule has 0 unspecified atom stereocenters. The van der Waals surface area contributed by atoms with Crippen molar-refractivity contribution in [1.29, 1.82) is 0 Å². The number of imidazole rings is 2. The van der Waals surface area contributed by atoms with Crippen molar-refractivity contribution in [2.75, 3.05) is 32.8 Å². The molecule has 0 N–H and O–H groups in total. The molecule has 3 aromatic heterocycles. The molecule has 1 aliphatic heterocycles. The minimum atomic E-state index is -0.355. The van der Waals surface area contributed by atoms with Crippen LogP contribution in [0, 0.1) is 6.92 Å². The van der Waals surface area contributed by atoms with Crippen molar-refractivity contribution < 1.29 is 4.74 Å². The second-order valence-electron chi connectivity index (χ2n) is 9.26. The zero-order chi connectivity index (χ0) is 24.8. The number of rotatable bonds is 5. The van der Waals surface area contributed by atoms with Crippen LogP contribution < -0.4 is 11.2 Å². The highest BCUT2D eigenvalue weighted by Crippen LogP contribution is 2.29. The van der Waals surface area contributed by atoms with Crippen LogP contribution >= 0.6 is 0 Å². The predicted octanol–water partition coefficient (Wildman–Crippen LogP) is 2.45. The Hall–Kier alpha value is -3.95. The Morgan fingerprint density at radius 1 is 0.972 bits per heavy atom. The number of benzene rings is 2. The molecule has 0 aliphatic carbocycles. The zero-order valence-electron chi connectivity index (χ0n) is 20.4. The summed E-state index contributed by atoms with van der Waals surface area (Å²) < 4.78 is 12.1. The number of hydrogen-bond donors (Lipinski definition) is 0. The second kappa shape index (κ2) is 8.92. The molecular weight excluding hydrogens is 456 g/mol. The summed E-state index contributed by atoms with van der Waals surface area (Å²) in [6.07, 6.45) is 1.94. The Bertz CT molecular complexity index is 1690. The zero-order valence-corrected chi connectivity index (χ0v) is 20.4. The van der Waals surface area contributed by atoms with Crippen LogP contribution in [0.5, 0.6) is 0 Å². The van der Waals surface area contributed by atoms with Gasteiger partial charge in [0.25, 0.3) is 5.56 Å². The number of aryl methyl sites for hydroxylation is 2. The molecule has 2 aromatic carbocycles. The Balaban J connectivity index is 1.58. The van der Waals surface area contributed by atoms with Crippen LogP contribution in [0.1, 0.15) is 5.56 Å². The highest BCUT2D eigenvalue weighted by Gasteiger charge is 2.23. The van der Waals surface area contributed by atoms with E-state index in [-0.39, 0.29) is 11.2 Å². The van der Waals surface area contributed by atoms with Crippen molar-refractivity contribution in [3.05, 3.63) is 87.2 Å². The standard InChI is InChI=1S/C27H28N6O3/c1-19-7-6-10-21(17-19)33-22(20-8-4-3-5-9-20)18-32-23-24(28-26(32)33)29(2)27(35)31(25(23)34)12-11-30-13-15-36-16-14-30/h3-10,17-18H,11-16H2,1-2H3. The number of fused-ring (bicyclic) bond motifs is 3. The lowest BCUT2D eigenvalue weighted by Gasteiger charge is -2.26. The number of hydrogen-bond acceptors (Lipinski definition) is 5. The Morgan fingerprint density at radius 3 is 2.50 bits per heavy atom. The minimum absolute atomic E-state index is 0.318. The molecule has 1 saturated heterocycles. The summed E-state index contributed by atoms with van der Waals surface area (Å²) in [6, 6.07) is 18.2. The van der Waals surface area contributed by atoms with Gasteiger partial charge < -0.3 is 4.74 Å². The first kappa shape index (κ1) is 22.5. The van der Waals surface area contributed by atoms with Crippen molar-refractivity contribution in [1.82, 2.24) is 28.0 Å². The van der Waals surface area contributed by atoms with Gasteiger partial charge in [-0.15, -0.1) is 0 Å². The van der Waals surface area contributed by atoms with Crippen LogP contribution in [0.4, 0.5) is 0 Å². The molecule has 0 saturated carbocycles. The molecule has 9 nitrogen and oxygen atoms in total. The molecule has 0 radical (unpaired) electrons. The maximum Gasteiger partial charge on any atom is 0.332 e. The first-order valence-corrected chi connectivity index (χ1v) is 12.2. The van der Waals surface area contributed by atoms with E-state index in [1.165, 1.54) is 9.13 Å². The van der Waals surface area contributed by atoms with E-state index in [4.69, 9.17) is 9.72 Å². The summed E-state index contributed by atoms with van der Waals surface area (Å²) in [5, 5.41) is 0. The lowest BCUT2D eigenvalue weighted by atomic mass is 10.1. The Morgan fingerprint density at radius 2 is 1.75 bits per heavy atom. The normalized spacial score (nSPS) is 14.7. The third-order valence-corrected chi connectivity index (χ3v) is 6.92. The van der Waals surface area contributed by atoms with Gasteiger partial charge in [-0.3, -0.25) is 27.8 Å². The minimum Gasteiger partial charge on any atom is -0.379 e. The smallest absolute Gasteiger partial charge is 0.332 e. The predicted molar refractivity (Wildman–Crippen MR) is 139 cm³/mol. The van der Waals surface area contributed by atoms with Crippen LogP contribution in [0.25, 0.3) is 33.9 Å². The second-order valence-corrected chi connectivity index (χ2v) is 9.26. The largest absolute Gasteiger partial charge is 0.379 e. The lowest BCUT2D eigenvalue weighted by Crippen LogP contribution is -2.44. The molecular formula is C27H28N6O3. The van der Waals surface area contributed by atoms with Crippen molar-refractivity contribution in [2.24, 2.45) is 7.05 Å². The summed E-state index contributed by atoms with van der Waals surface area (Å²) in [4.78, 5) is 34.0. The Kier molecular flexibility index (Phi) is 5.58. The fraction of sp³-hybridized carbons (Fsp3) is 0.296. The van der Waals surface area contributed by atoms with Gasteiger partial charge in [0.2, 0.25) is 5.78 Å². The van der Waals surface area contributed by atoms with E-state index in [1.807, 2.05) is 70.6 Å². The molecule has 0 amide bonds. The SMILES string of the molecule is Cc1cccc(-n2c(-c3ccccc3)cn3c4c(=O)n(CCN5CCOCC5)c(=O)n(C)c4nc23)c1. The fourth-order valence-corrected chi connectivity index (χ4v) is 4.99. The first-order valence-electron chi connectivity index (χ1n) is 12.2. The average molecular weight is 485 g/mol. The third-order valence-electron chi connectivity index (χ3n) is 6.92. The highest BCUT2D eigenvalue weighted by molar-refractivity contribution is 5.79. The molecule has 0 bridgehead atoms. The molecule has 9 heteroatoms. The summed E-state index contributed by atoms with van der Waals surface area (Å²) in [5.41, 5.74) is 4.08. The van der Waals surface area contributed by atoms with E-state index in [2.05, 4.69) is 11.0 Å². The molecule has 5 aromatic rings. The topological polar surface area (TPSA) is 78.7 Å². The molecule has 0 spiro atoms. The van der Waals surface area contributed by atoms with Gasteiger partial charge in [0.05, 0.1) is 18.9 Å². The monoisotopic (exact) mass is 484 g/mol. The van der Waals surface area contributed by atoms with E-state index in [9.17, 15) is 9.59 Å². The molecule has 0 atom stereocenters. The Labute approximate surface area is 207 Å². The number of nitrogens with zero attached hydrogens (tertiary/aromatic N) is 6. The lowest BCUT2D eigenvalue weighted by molar-refractivity contribution is 0.0361. The summed E-state index contributed by atoms with van der Waals surface area (Å²) in [5.74, 6) is 0.590. The van der Waals surface area contributed by atoms with E-state index in [0.29, 0.717) is 43.2 Å². The van der Waals surface area contributed by atoms with E-state index < -0.39 is 0 Å². The van der Waals surface area contributed by atoms with E-state index >= 15 is 0 Å². The molecule has 1 aliphatic rings. The van der Waals surface area contributed by atoms with Gasteiger partial charge in [0.15, 0.2) is 11.2 Å². The van der Waals surface area contributed by atoms with Crippen molar-refractivity contribution in [2.45, 2.75) is 13.5 Å². The summed E-state index contributed by atoms with van der Waals surface area (Å²) in [7, 11) is 1.68. The van der Waals surface area contributed by atoms with Gasteiger partial charge in [0.1, 0.15) is 0 Å². The van der Waals surface area contributed by atoms with Gasteiger partial charge in [-0.2, -0.15) is 4.98 Å². The van der Waals surface area contributed by atoms with E-state index in [1.54, 1.807) is 7.05 Å². The van der Waals surface area contributed by atoms with Gasteiger partial charge in [-0.1, -0.05) is 42.5 Å². The molecule has 6 rings (SSSR count). The average Bonchev–Trinajstić information content (AvgIpc) is 3.45. The number of ether oxygens (including phenoxy) is 1. The summed E-state index contributed by atoms with van der Waals surface area (Å²) in [6.45, 7) is 5.92. The molecule has 4 heterocycles. The van der Waals surface area contributed by atoms with Gasteiger partial charge in [0, 0.05) is 50.7 Å².